The molecule has 1 aromatic rings. The lowest BCUT2D eigenvalue weighted by molar-refractivity contribution is 0.0427. The van der Waals surface area contributed by atoms with E-state index < -0.39 is 41.1 Å². The molecule has 1 aliphatic rings. The van der Waals surface area contributed by atoms with Crippen LogP contribution in [0.2, 0.25) is 0 Å². The van der Waals surface area contributed by atoms with Gasteiger partial charge in [0, 0.05) is 25.3 Å². The smallest absolute Gasteiger partial charge is 0.424 e. The number of imide groups is 1. The molecule has 1 fully saturated rings. The van der Waals surface area contributed by atoms with Crippen molar-refractivity contribution in [2.75, 3.05) is 22.9 Å². The van der Waals surface area contributed by atoms with Crippen molar-refractivity contribution in [3.63, 3.8) is 0 Å². The van der Waals surface area contributed by atoms with Gasteiger partial charge in [0.25, 0.3) is 0 Å². The summed E-state index contributed by atoms with van der Waals surface area (Å²) in [7, 11) is 0. The van der Waals surface area contributed by atoms with Crippen molar-refractivity contribution in [1.29, 1.82) is 0 Å². The lowest BCUT2D eigenvalue weighted by Crippen LogP contribution is -2.62. The lowest BCUT2D eigenvalue weighted by Gasteiger charge is -2.43. The highest BCUT2D eigenvalue weighted by molar-refractivity contribution is 6.11. The Balaban J connectivity index is 2.45. The normalized spacial score (nSPS) is 20.6. The number of aromatic nitrogens is 1. The number of pyridine rings is 1. The van der Waals surface area contributed by atoms with Crippen LogP contribution < -0.4 is 20.9 Å². The molecule has 0 bridgehead atoms. The molecule has 11 heteroatoms. The van der Waals surface area contributed by atoms with E-state index in [-0.39, 0.29) is 17.6 Å². The first-order valence-corrected chi connectivity index (χ1v) is 12.5. The van der Waals surface area contributed by atoms with Crippen molar-refractivity contribution in [1.82, 2.24) is 10.3 Å². The number of carbonyl (C=O) groups is 3. The standard InChI is InChI=1S/C26H43N5O6/c1-16-14-30(15-17(20(16)27)29-21(32)35-24(2,3)4)18-11-12-28-13-19(18)31(22(33)36-25(5,6)7)23(34)37-26(8,9)10/h11-13,16-17,20H,14-15,27H2,1-10H3,(H,29,32)/t16-,17?,20-/m0/s1. The Kier molecular flexibility index (Phi) is 9.06. The molecule has 1 unspecified atom stereocenters. The van der Waals surface area contributed by atoms with E-state index in [1.165, 1.54) is 6.20 Å². The molecule has 37 heavy (non-hydrogen) atoms. The molecule has 2 rings (SSSR count). The zero-order chi connectivity index (χ0) is 28.3. The van der Waals surface area contributed by atoms with Crippen molar-refractivity contribution in [2.24, 2.45) is 11.7 Å². The second-order valence-electron chi connectivity index (χ2n) is 12.4. The summed E-state index contributed by atoms with van der Waals surface area (Å²) in [6.07, 6.45) is 0.638. The monoisotopic (exact) mass is 521 g/mol. The highest BCUT2D eigenvalue weighted by atomic mass is 16.6. The molecule has 1 aliphatic heterocycles. The van der Waals surface area contributed by atoms with E-state index in [4.69, 9.17) is 19.9 Å². The fourth-order valence-corrected chi connectivity index (χ4v) is 3.80. The van der Waals surface area contributed by atoms with Crippen LogP contribution in [0, 0.1) is 5.92 Å². The molecule has 3 N–H and O–H groups in total. The molecule has 11 nitrogen and oxygen atoms in total. The fourth-order valence-electron chi connectivity index (χ4n) is 3.80. The average molecular weight is 522 g/mol. The number of ether oxygens (including phenoxy) is 3. The van der Waals surface area contributed by atoms with Crippen molar-refractivity contribution in [2.45, 2.75) is 98.1 Å². The molecule has 0 aliphatic carbocycles. The van der Waals surface area contributed by atoms with E-state index >= 15 is 0 Å². The number of carbonyl (C=O) groups excluding carboxylic acids is 3. The quantitative estimate of drug-likeness (QED) is 0.553. The molecule has 0 saturated carbocycles. The highest BCUT2D eigenvalue weighted by Gasteiger charge is 2.38. The van der Waals surface area contributed by atoms with Crippen LogP contribution in [0.5, 0.6) is 0 Å². The number of anilines is 2. The van der Waals surface area contributed by atoms with Gasteiger partial charge in [0.2, 0.25) is 0 Å². The number of hydrogen-bond donors (Lipinski definition) is 2. The van der Waals surface area contributed by atoms with Gasteiger partial charge in [0.15, 0.2) is 0 Å². The summed E-state index contributed by atoms with van der Waals surface area (Å²) in [6, 6.07) is 0.920. The van der Waals surface area contributed by atoms with E-state index in [2.05, 4.69) is 10.3 Å². The van der Waals surface area contributed by atoms with Crippen LogP contribution >= 0.6 is 0 Å². The maximum absolute atomic E-state index is 13.2. The first-order chi connectivity index (χ1) is 16.8. The van der Waals surface area contributed by atoms with Crippen LogP contribution in [0.1, 0.15) is 69.2 Å². The molecule has 0 radical (unpaired) electrons. The number of hydrogen-bond acceptors (Lipinski definition) is 9. The number of rotatable bonds is 3. The number of amides is 3. The summed E-state index contributed by atoms with van der Waals surface area (Å²) in [5, 5.41) is 2.87. The molecule has 208 valence electrons. The van der Waals surface area contributed by atoms with Gasteiger partial charge in [-0.3, -0.25) is 4.98 Å². The van der Waals surface area contributed by atoms with E-state index in [0.717, 1.165) is 4.90 Å². The fraction of sp³-hybridized carbons (Fsp3) is 0.692. The Morgan fingerprint density at radius 3 is 1.95 bits per heavy atom. The molecule has 0 spiro atoms. The van der Waals surface area contributed by atoms with Crippen molar-refractivity contribution in [3.05, 3.63) is 18.5 Å². The minimum absolute atomic E-state index is 0.0359. The number of nitrogens with zero attached hydrogens (tertiary/aromatic N) is 3. The summed E-state index contributed by atoms with van der Waals surface area (Å²) in [5.74, 6) is -0.0359. The van der Waals surface area contributed by atoms with Crippen molar-refractivity contribution in [3.8, 4) is 0 Å². The number of nitrogens with two attached hydrogens (primary N) is 1. The largest absolute Gasteiger partial charge is 0.444 e. The predicted molar refractivity (Wildman–Crippen MR) is 142 cm³/mol. The third kappa shape index (κ3) is 9.07. The van der Waals surface area contributed by atoms with E-state index in [0.29, 0.717) is 18.8 Å². The SMILES string of the molecule is C[C@H]1CN(c2ccncc2N(C(=O)OC(C)(C)C)C(=O)OC(C)(C)C)CC(NC(=O)OC(C)(C)C)[C@H]1N. The molecular weight excluding hydrogens is 478 g/mol. The van der Waals surface area contributed by atoms with Gasteiger partial charge in [-0.25, -0.2) is 14.4 Å². The van der Waals surface area contributed by atoms with Crippen LogP contribution in [-0.2, 0) is 14.2 Å². The van der Waals surface area contributed by atoms with Crippen LogP contribution in [0.3, 0.4) is 0 Å². The summed E-state index contributed by atoms with van der Waals surface area (Å²) < 4.78 is 16.5. The van der Waals surface area contributed by atoms with Gasteiger partial charge < -0.3 is 30.2 Å². The Morgan fingerprint density at radius 1 is 0.946 bits per heavy atom. The van der Waals surface area contributed by atoms with E-state index in [9.17, 15) is 14.4 Å². The Bertz CT molecular complexity index is 951. The molecule has 1 saturated heterocycles. The summed E-state index contributed by atoms with van der Waals surface area (Å²) in [4.78, 5) is 46.0. The molecule has 1 aromatic heterocycles. The summed E-state index contributed by atoms with van der Waals surface area (Å²) >= 11 is 0. The molecule has 3 atom stereocenters. The van der Waals surface area contributed by atoms with Crippen LogP contribution in [0.25, 0.3) is 0 Å². The minimum Gasteiger partial charge on any atom is -0.444 e. The zero-order valence-electron chi connectivity index (χ0n) is 23.7. The van der Waals surface area contributed by atoms with Gasteiger partial charge in [0.05, 0.1) is 17.9 Å². The van der Waals surface area contributed by atoms with Gasteiger partial charge in [-0.15, -0.1) is 0 Å². The Labute approximate surface area is 220 Å². The van der Waals surface area contributed by atoms with Gasteiger partial charge in [0.1, 0.15) is 22.5 Å². The van der Waals surface area contributed by atoms with Crippen LogP contribution in [0.4, 0.5) is 25.8 Å². The second-order valence-corrected chi connectivity index (χ2v) is 12.4. The zero-order valence-corrected chi connectivity index (χ0v) is 23.7. The Morgan fingerprint density at radius 2 is 1.46 bits per heavy atom. The van der Waals surface area contributed by atoms with E-state index in [1.54, 1.807) is 74.6 Å². The summed E-state index contributed by atoms with van der Waals surface area (Å²) in [6.45, 7) is 18.4. The number of piperidine rings is 1. The third-order valence-corrected chi connectivity index (χ3v) is 5.26. The summed E-state index contributed by atoms with van der Waals surface area (Å²) in [5.41, 5.74) is 4.82. The lowest BCUT2D eigenvalue weighted by atomic mass is 9.90. The highest BCUT2D eigenvalue weighted by Crippen LogP contribution is 2.34. The third-order valence-electron chi connectivity index (χ3n) is 5.26. The molecule has 0 aromatic carbocycles. The number of alkyl carbamates (subject to hydrolysis) is 1. The maximum atomic E-state index is 13.2. The Hall–Kier alpha value is -3.08. The average Bonchev–Trinajstić information content (AvgIpc) is 2.67. The second kappa shape index (κ2) is 11.1. The maximum Gasteiger partial charge on any atom is 0.424 e. The van der Waals surface area contributed by atoms with Crippen LogP contribution in [0.15, 0.2) is 18.5 Å². The van der Waals surface area contributed by atoms with Gasteiger partial charge >= 0.3 is 18.3 Å². The molecular formula is C26H43N5O6. The first-order valence-electron chi connectivity index (χ1n) is 12.5. The van der Waals surface area contributed by atoms with E-state index in [1.807, 2.05) is 11.8 Å². The van der Waals surface area contributed by atoms with Gasteiger partial charge in [-0.05, 0) is 74.3 Å². The van der Waals surface area contributed by atoms with Crippen molar-refractivity contribution < 1.29 is 28.6 Å². The molecule has 3 amide bonds. The predicted octanol–water partition coefficient (Wildman–Crippen LogP) is 4.43. The topological polar surface area (TPSA) is 136 Å². The van der Waals surface area contributed by atoms with Gasteiger partial charge in [-0.1, -0.05) is 6.92 Å². The first kappa shape index (κ1) is 30.1. The number of nitrogens with one attached hydrogen (secondary N) is 1. The molecule has 2 heterocycles. The van der Waals surface area contributed by atoms with Crippen molar-refractivity contribution >= 4 is 29.7 Å². The van der Waals surface area contributed by atoms with Crippen LogP contribution in [-0.4, -0.2) is 65.2 Å². The van der Waals surface area contributed by atoms with Gasteiger partial charge in [-0.2, -0.15) is 4.90 Å². The minimum atomic E-state index is -0.888.